The molecule has 1 aliphatic rings. The topological polar surface area (TPSA) is 45.2 Å². The molecule has 0 spiro atoms. The fourth-order valence-corrected chi connectivity index (χ4v) is 3.20. The molecule has 0 radical (unpaired) electrons. The van der Waals surface area contributed by atoms with Gasteiger partial charge in [-0.25, -0.2) is 4.98 Å². The number of rotatable bonds is 4. The van der Waals surface area contributed by atoms with Crippen LogP contribution in [-0.2, 0) is 6.54 Å². The first kappa shape index (κ1) is 13.5. The zero-order valence-electron chi connectivity index (χ0n) is 11.3. The molecule has 0 aromatic carbocycles. The maximum absolute atomic E-state index is 12.0. The first-order valence-corrected chi connectivity index (χ1v) is 7.37. The third-order valence-electron chi connectivity index (χ3n) is 3.02. The Morgan fingerprint density at radius 2 is 2.11 bits per heavy atom. The van der Waals surface area contributed by atoms with Crippen molar-refractivity contribution in [2.24, 2.45) is 0 Å². The maximum Gasteiger partial charge on any atom is 0.263 e. The Morgan fingerprint density at radius 1 is 1.44 bits per heavy atom. The molecule has 2 heterocycles. The highest BCUT2D eigenvalue weighted by Crippen LogP contribution is 2.21. The summed E-state index contributed by atoms with van der Waals surface area (Å²) in [7, 11) is 0. The van der Waals surface area contributed by atoms with Gasteiger partial charge in [0.1, 0.15) is 9.88 Å². The van der Waals surface area contributed by atoms with Crippen molar-refractivity contribution in [2.45, 2.75) is 46.2 Å². The van der Waals surface area contributed by atoms with E-state index in [2.05, 4.69) is 15.2 Å². The van der Waals surface area contributed by atoms with Crippen molar-refractivity contribution >= 4 is 17.2 Å². The average molecular weight is 267 g/mol. The van der Waals surface area contributed by atoms with Crippen molar-refractivity contribution in [3.63, 3.8) is 0 Å². The van der Waals surface area contributed by atoms with Gasteiger partial charge in [-0.05, 0) is 46.7 Å². The lowest BCUT2D eigenvalue weighted by Crippen LogP contribution is -2.29. The number of aromatic nitrogens is 1. The highest BCUT2D eigenvalue weighted by Gasteiger charge is 2.18. The molecule has 2 rings (SSSR count). The van der Waals surface area contributed by atoms with Gasteiger partial charge in [0.15, 0.2) is 0 Å². The van der Waals surface area contributed by atoms with E-state index in [1.54, 1.807) is 0 Å². The zero-order valence-corrected chi connectivity index (χ0v) is 12.1. The van der Waals surface area contributed by atoms with Gasteiger partial charge in [-0.2, -0.15) is 0 Å². The average Bonchev–Trinajstić information content (AvgIpc) is 2.87. The number of hydrogen-bond acceptors (Lipinski definition) is 4. The van der Waals surface area contributed by atoms with E-state index in [1.807, 2.05) is 20.8 Å². The number of aryl methyl sites for hydroxylation is 1. The van der Waals surface area contributed by atoms with Gasteiger partial charge in [0.25, 0.3) is 5.91 Å². The smallest absolute Gasteiger partial charge is 0.263 e. The third-order valence-corrected chi connectivity index (χ3v) is 4.17. The molecule has 100 valence electrons. The molecule has 4 nitrogen and oxygen atoms in total. The van der Waals surface area contributed by atoms with Crippen molar-refractivity contribution in [3.05, 3.63) is 15.6 Å². The molecule has 1 aromatic rings. The minimum atomic E-state index is 0.00710. The van der Waals surface area contributed by atoms with Crippen LogP contribution in [0.4, 0.5) is 0 Å². The first-order chi connectivity index (χ1) is 8.56. The van der Waals surface area contributed by atoms with E-state index in [-0.39, 0.29) is 11.9 Å². The number of nitrogens with one attached hydrogen (secondary N) is 1. The number of amides is 1. The van der Waals surface area contributed by atoms with Gasteiger partial charge in [-0.1, -0.05) is 0 Å². The second-order valence-electron chi connectivity index (χ2n) is 5.13. The Bertz CT molecular complexity index is 422. The van der Waals surface area contributed by atoms with E-state index in [0.29, 0.717) is 0 Å². The molecule has 0 unspecified atom stereocenters. The molecule has 1 aliphatic heterocycles. The van der Waals surface area contributed by atoms with Crippen LogP contribution in [0.15, 0.2) is 0 Å². The molecule has 1 N–H and O–H groups in total. The van der Waals surface area contributed by atoms with Gasteiger partial charge < -0.3 is 5.32 Å². The maximum atomic E-state index is 12.0. The second kappa shape index (κ2) is 5.80. The summed E-state index contributed by atoms with van der Waals surface area (Å²) >= 11 is 1.53. The first-order valence-electron chi connectivity index (χ1n) is 6.56. The molecular formula is C13H21N3OS. The van der Waals surface area contributed by atoms with Crippen LogP contribution in [0.1, 0.15) is 47.1 Å². The molecule has 1 amide bonds. The monoisotopic (exact) mass is 267 g/mol. The molecule has 0 aliphatic carbocycles. The van der Waals surface area contributed by atoms with Crippen molar-refractivity contribution < 1.29 is 4.79 Å². The van der Waals surface area contributed by atoms with E-state index in [4.69, 9.17) is 0 Å². The summed E-state index contributed by atoms with van der Waals surface area (Å²) in [5.74, 6) is 0.00710. The number of likely N-dealkylation sites (tertiary alicyclic amines) is 1. The zero-order chi connectivity index (χ0) is 13.1. The van der Waals surface area contributed by atoms with Gasteiger partial charge in [-0.3, -0.25) is 9.69 Å². The summed E-state index contributed by atoms with van der Waals surface area (Å²) in [6.45, 7) is 9.07. The Kier molecular flexibility index (Phi) is 4.35. The number of carbonyl (C=O) groups excluding carboxylic acids is 1. The largest absolute Gasteiger partial charge is 0.349 e. The van der Waals surface area contributed by atoms with Crippen LogP contribution in [0.2, 0.25) is 0 Å². The predicted octanol–water partition coefficient (Wildman–Crippen LogP) is 2.19. The van der Waals surface area contributed by atoms with Crippen molar-refractivity contribution in [3.8, 4) is 0 Å². The van der Waals surface area contributed by atoms with Gasteiger partial charge in [0.05, 0.1) is 12.2 Å². The summed E-state index contributed by atoms with van der Waals surface area (Å²) in [4.78, 5) is 19.7. The summed E-state index contributed by atoms with van der Waals surface area (Å²) in [6, 6.07) is 0.168. The Balaban J connectivity index is 2.03. The number of thiazole rings is 1. The SMILES string of the molecule is Cc1nc(CN2CCCC2)sc1C(=O)NC(C)C. The van der Waals surface area contributed by atoms with E-state index < -0.39 is 0 Å². The minimum Gasteiger partial charge on any atom is -0.349 e. The van der Waals surface area contributed by atoms with Gasteiger partial charge in [0, 0.05) is 6.04 Å². The molecule has 1 aromatic heterocycles. The van der Waals surface area contributed by atoms with E-state index in [0.717, 1.165) is 35.2 Å². The number of carbonyl (C=O) groups is 1. The quantitative estimate of drug-likeness (QED) is 0.909. The van der Waals surface area contributed by atoms with Crippen molar-refractivity contribution in [1.82, 2.24) is 15.2 Å². The molecule has 0 saturated carbocycles. The highest BCUT2D eigenvalue weighted by molar-refractivity contribution is 7.13. The van der Waals surface area contributed by atoms with Crippen LogP contribution in [0.5, 0.6) is 0 Å². The molecule has 0 atom stereocenters. The molecule has 18 heavy (non-hydrogen) atoms. The van der Waals surface area contributed by atoms with Crippen molar-refractivity contribution in [1.29, 1.82) is 0 Å². The normalized spacial score (nSPS) is 16.4. The Hall–Kier alpha value is -0.940. The van der Waals surface area contributed by atoms with E-state index >= 15 is 0 Å². The number of nitrogens with zero attached hydrogens (tertiary/aromatic N) is 2. The summed E-state index contributed by atoms with van der Waals surface area (Å²) in [5.41, 5.74) is 0.854. The van der Waals surface area contributed by atoms with Gasteiger partial charge in [-0.15, -0.1) is 11.3 Å². The molecule has 1 fully saturated rings. The molecule has 0 bridgehead atoms. The third kappa shape index (κ3) is 3.29. The van der Waals surface area contributed by atoms with Crippen LogP contribution in [0, 0.1) is 6.92 Å². The van der Waals surface area contributed by atoms with Crippen LogP contribution in [0.3, 0.4) is 0 Å². The molecular weight excluding hydrogens is 246 g/mol. The lowest BCUT2D eigenvalue weighted by molar-refractivity contribution is 0.0946. The summed E-state index contributed by atoms with van der Waals surface area (Å²) in [6.07, 6.45) is 2.57. The predicted molar refractivity (Wildman–Crippen MR) is 74.0 cm³/mol. The summed E-state index contributed by atoms with van der Waals surface area (Å²) < 4.78 is 0. The van der Waals surface area contributed by atoms with Crippen LogP contribution >= 0.6 is 11.3 Å². The fourth-order valence-electron chi connectivity index (χ4n) is 2.19. The van der Waals surface area contributed by atoms with Gasteiger partial charge in [0.2, 0.25) is 0 Å². The van der Waals surface area contributed by atoms with Crippen molar-refractivity contribution in [2.75, 3.05) is 13.1 Å². The van der Waals surface area contributed by atoms with Crippen LogP contribution in [0.25, 0.3) is 0 Å². The Labute approximate surface area is 112 Å². The number of hydrogen-bond donors (Lipinski definition) is 1. The van der Waals surface area contributed by atoms with Crippen LogP contribution < -0.4 is 5.32 Å². The Morgan fingerprint density at radius 3 is 2.72 bits per heavy atom. The summed E-state index contributed by atoms with van der Waals surface area (Å²) in [5, 5.41) is 3.98. The fraction of sp³-hybridized carbons (Fsp3) is 0.692. The second-order valence-corrected chi connectivity index (χ2v) is 6.22. The standard InChI is InChI=1S/C13H21N3OS/c1-9(2)14-13(17)12-10(3)15-11(18-12)8-16-6-4-5-7-16/h9H,4-8H2,1-3H3,(H,14,17). The van der Waals surface area contributed by atoms with E-state index in [1.165, 1.54) is 24.2 Å². The molecule has 1 saturated heterocycles. The van der Waals surface area contributed by atoms with E-state index in [9.17, 15) is 4.79 Å². The lowest BCUT2D eigenvalue weighted by Gasteiger charge is -2.11. The minimum absolute atomic E-state index is 0.00710. The molecule has 5 heteroatoms. The van der Waals surface area contributed by atoms with Gasteiger partial charge >= 0.3 is 0 Å². The lowest BCUT2D eigenvalue weighted by atomic mass is 10.3. The van der Waals surface area contributed by atoms with Crippen LogP contribution in [-0.4, -0.2) is 34.9 Å². The highest BCUT2D eigenvalue weighted by atomic mass is 32.1.